The maximum atomic E-state index is 12.9. The van der Waals surface area contributed by atoms with Crippen molar-refractivity contribution < 1.29 is 9.53 Å². The number of carbonyl (C=O) groups excluding carboxylic acids is 1. The molecular formula is C24H29N5O2. The number of fused-ring (bicyclic) bond motifs is 1. The average Bonchev–Trinajstić information content (AvgIpc) is 3.25. The standard InChI is InChI=1S/C24H29N5O2/c1-28-16-21(15-26-28)18-2-3-19-14-25-23(13-20(19)12-18)27-24(30)17-4-6-22(7-5-17)29-8-10-31-11-9-29/h2-3,12-17,22H,4-11H2,1H3,(H,25,27,30). The van der Waals surface area contributed by atoms with Crippen molar-refractivity contribution in [3.63, 3.8) is 0 Å². The number of amides is 1. The smallest absolute Gasteiger partial charge is 0.228 e. The average molecular weight is 420 g/mol. The number of aryl methyl sites for hydroxylation is 1. The first kappa shape index (κ1) is 20.2. The van der Waals surface area contributed by atoms with Crippen molar-refractivity contribution in [2.75, 3.05) is 31.6 Å². The number of hydrogen-bond donors (Lipinski definition) is 1. The van der Waals surface area contributed by atoms with Gasteiger partial charge in [0.1, 0.15) is 5.82 Å². The van der Waals surface area contributed by atoms with Crippen molar-refractivity contribution in [1.29, 1.82) is 0 Å². The maximum Gasteiger partial charge on any atom is 0.228 e. The molecule has 3 aromatic rings. The first-order valence-corrected chi connectivity index (χ1v) is 11.2. The van der Waals surface area contributed by atoms with Gasteiger partial charge >= 0.3 is 0 Å². The molecule has 1 aliphatic heterocycles. The van der Waals surface area contributed by atoms with Gasteiger partial charge in [-0.2, -0.15) is 5.10 Å². The molecule has 2 aliphatic rings. The number of anilines is 1. The number of rotatable bonds is 4. The largest absolute Gasteiger partial charge is 0.379 e. The van der Waals surface area contributed by atoms with Gasteiger partial charge in [0.15, 0.2) is 0 Å². The van der Waals surface area contributed by atoms with Crippen molar-refractivity contribution in [2.24, 2.45) is 13.0 Å². The van der Waals surface area contributed by atoms with Crippen LogP contribution >= 0.6 is 0 Å². The van der Waals surface area contributed by atoms with Gasteiger partial charge in [-0.25, -0.2) is 4.98 Å². The van der Waals surface area contributed by atoms with Crippen LogP contribution in [-0.4, -0.2) is 57.9 Å². The van der Waals surface area contributed by atoms with Gasteiger partial charge in [-0.15, -0.1) is 0 Å². The van der Waals surface area contributed by atoms with Crippen molar-refractivity contribution in [2.45, 2.75) is 31.7 Å². The maximum absolute atomic E-state index is 12.9. The van der Waals surface area contributed by atoms with Gasteiger partial charge in [-0.3, -0.25) is 14.4 Å². The van der Waals surface area contributed by atoms with Gasteiger partial charge in [-0.05, 0) is 48.8 Å². The summed E-state index contributed by atoms with van der Waals surface area (Å²) in [5.74, 6) is 0.781. The molecule has 1 aliphatic carbocycles. The van der Waals surface area contributed by atoms with E-state index in [0.29, 0.717) is 11.9 Å². The van der Waals surface area contributed by atoms with Crippen LogP contribution in [0.5, 0.6) is 0 Å². The van der Waals surface area contributed by atoms with Crippen LogP contribution in [0.1, 0.15) is 25.7 Å². The number of hydrogen-bond acceptors (Lipinski definition) is 5. The van der Waals surface area contributed by atoms with E-state index in [-0.39, 0.29) is 11.8 Å². The van der Waals surface area contributed by atoms with E-state index in [9.17, 15) is 4.79 Å². The predicted octanol–water partition coefficient (Wildman–Crippen LogP) is 3.46. The Morgan fingerprint density at radius 3 is 2.58 bits per heavy atom. The number of nitrogens with one attached hydrogen (secondary N) is 1. The molecule has 1 amide bonds. The summed E-state index contributed by atoms with van der Waals surface area (Å²) in [7, 11) is 1.91. The lowest BCUT2D eigenvalue weighted by Crippen LogP contribution is -2.45. The third kappa shape index (κ3) is 4.48. The Hall–Kier alpha value is -2.77. The first-order chi connectivity index (χ1) is 15.2. The van der Waals surface area contributed by atoms with Crippen LogP contribution in [0.15, 0.2) is 42.9 Å². The van der Waals surface area contributed by atoms with E-state index in [2.05, 4.69) is 38.5 Å². The topological polar surface area (TPSA) is 72.3 Å². The van der Waals surface area contributed by atoms with E-state index < -0.39 is 0 Å². The highest BCUT2D eigenvalue weighted by atomic mass is 16.5. The summed E-state index contributed by atoms with van der Waals surface area (Å²) in [6.45, 7) is 3.69. The Balaban J connectivity index is 1.24. The molecule has 1 aromatic carbocycles. The molecule has 162 valence electrons. The van der Waals surface area contributed by atoms with Crippen LogP contribution in [0.4, 0.5) is 5.82 Å². The van der Waals surface area contributed by atoms with Crippen LogP contribution in [0.2, 0.25) is 0 Å². The zero-order valence-corrected chi connectivity index (χ0v) is 18.0. The summed E-state index contributed by atoms with van der Waals surface area (Å²) in [5.41, 5.74) is 2.18. The normalized spacial score (nSPS) is 22.5. The Bertz CT molecular complexity index is 1060. The molecular weight excluding hydrogens is 390 g/mol. The van der Waals surface area contributed by atoms with Crippen LogP contribution in [-0.2, 0) is 16.6 Å². The van der Waals surface area contributed by atoms with E-state index in [0.717, 1.165) is 73.9 Å². The molecule has 0 bridgehead atoms. The number of ether oxygens (including phenoxy) is 1. The molecule has 2 aromatic heterocycles. The molecule has 1 saturated carbocycles. The van der Waals surface area contributed by atoms with Gasteiger partial charge < -0.3 is 10.1 Å². The molecule has 1 saturated heterocycles. The zero-order chi connectivity index (χ0) is 21.2. The second kappa shape index (κ2) is 8.77. The lowest BCUT2D eigenvalue weighted by Gasteiger charge is -2.38. The van der Waals surface area contributed by atoms with Gasteiger partial charge in [0.25, 0.3) is 0 Å². The van der Waals surface area contributed by atoms with Crippen LogP contribution in [0.25, 0.3) is 21.9 Å². The molecule has 0 spiro atoms. The zero-order valence-electron chi connectivity index (χ0n) is 18.0. The molecule has 7 nitrogen and oxygen atoms in total. The Morgan fingerprint density at radius 2 is 1.84 bits per heavy atom. The summed E-state index contributed by atoms with van der Waals surface area (Å²) in [4.78, 5) is 19.9. The number of pyridine rings is 1. The summed E-state index contributed by atoms with van der Waals surface area (Å²) in [5, 5.41) is 9.43. The SMILES string of the molecule is Cn1cc(-c2ccc3cnc(NC(=O)C4CCC(N5CCOCC5)CC4)cc3c2)cn1. The van der Waals surface area contributed by atoms with Crippen LogP contribution in [0.3, 0.4) is 0 Å². The number of carbonyl (C=O) groups is 1. The predicted molar refractivity (Wildman–Crippen MR) is 121 cm³/mol. The minimum Gasteiger partial charge on any atom is -0.379 e. The number of aromatic nitrogens is 3. The van der Waals surface area contributed by atoms with Gasteiger partial charge in [0, 0.05) is 55.4 Å². The number of nitrogens with zero attached hydrogens (tertiary/aromatic N) is 4. The Labute approximate surface area is 182 Å². The summed E-state index contributed by atoms with van der Waals surface area (Å²) in [6.07, 6.45) is 9.72. The molecule has 0 atom stereocenters. The van der Waals surface area contributed by atoms with E-state index >= 15 is 0 Å². The fourth-order valence-corrected chi connectivity index (χ4v) is 4.83. The second-order valence-corrected chi connectivity index (χ2v) is 8.68. The van der Waals surface area contributed by atoms with Gasteiger partial charge in [-0.1, -0.05) is 12.1 Å². The molecule has 31 heavy (non-hydrogen) atoms. The molecule has 0 unspecified atom stereocenters. The summed E-state index contributed by atoms with van der Waals surface area (Å²) < 4.78 is 7.26. The molecule has 0 radical (unpaired) electrons. The molecule has 5 rings (SSSR count). The number of morpholine rings is 1. The van der Waals surface area contributed by atoms with Gasteiger partial charge in [0.2, 0.25) is 5.91 Å². The minimum absolute atomic E-state index is 0.0662. The lowest BCUT2D eigenvalue weighted by molar-refractivity contribution is -0.121. The summed E-state index contributed by atoms with van der Waals surface area (Å²) in [6, 6.07) is 8.82. The highest BCUT2D eigenvalue weighted by Gasteiger charge is 2.30. The monoisotopic (exact) mass is 419 g/mol. The second-order valence-electron chi connectivity index (χ2n) is 8.68. The van der Waals surface area contributed by atoms with E-state index in [1.165, 1.54) is 0 Å². The third-order valence-corrected chi connectivity index (χ3v) is 6.64. The Morgan fingerprint density at radius 1 is 1.03 bits per heavy atom. The van der Waals surface area contributed by atoms with E-state index in [1.807, 2.05) is 31.7 Å². The van der Waals surface area contributed by atoms with Gasteiger partial charge in [0.05, 0.1) is 19.4 Å². The molecule has 1 N–H and O–H groups in total. The molecule has 7 heteroatoms. The van der Waals surface area contributed by atoms with Crippen molar-refractivity contribution >= 4 is 22.5 Å². The number of benzene rings is 1. The molecule has 3 heterocycles. The first-order valence-electron chi connectivity index (χ1n) is 11.2. The quantitative estimate of drug-likeness (QED) is 0.701. The van der Waals surface area contributed by atoms with Crippen molar-refractivity contribution in [1.82, 2.24) is 19.7 Å². The van der Waals surface area contributed by atoms with Crippen LogP contribution < -0.4 is 5.32 Å². The van der Waals surface area contributed by atoms with Crippen LogP contribution in [0, 0.1) is 5.92 Å². The highest BCUT2D eigenvalue weighted by Crippen LogP contribution is 2.30. The molecule has 2 fully saturated rings. The van der Waals surface area contributed by atoms with Crippen molar-refractivity contribution in [3.05, 3.63) is 42.9 Å². The van der Waals surface area contributed by atoms with E-state index in [1.54, 1.807) is 4.68 Å². The lowest BCUT2D eigenvalue weighted by atomic mass is 9.84. The third-order valence-electron chi connectivity index (χ3n) is 6.64. The minimum atomic E-state index is 0.0662. The highest BCUT2D eigenvalue weighted by molar-refractivity contribution is 5.95. The Kier molecular flexibility index (Phi) is 5.70. The van der Waals surface area contributed by atoms with E-state index in [4.69, 9.17) is 4.74 Å². The fourth-order valence-electron chi connectivity index (χ4n) is 4.83. The van der Waals surface area contributed by atoms with Crippen molar-refractivity contribution in [3.8, 4) is 11.1 Å². The fraction of sp³-hybridized carbons (Fsp3) is 0.458. The summed E-state index contributed by atoms with van der Waals surface area (Å²) >= 11 is 0.